The first-order chi connectivity index (χ1) is 15.7. The predicted molar refractivity (Wildman–Crippen MR) is 139 cm³/mol. The monoisotopic (exact) mass is 434 g/mol. The Kier molecular flexibility index (Phi) is 10.8. The molecule has 0 radical (unpaired) electrons. The highest BCUT2D eigenvalue weighted by atomic mass is 16.2. The summed E-state index contributed by atoms with van der Waals surface area (Å²) < 4.78 is 0. The highest BCUT2D eigenvalue weighted by Crippen LogP contribution is 2.38. The molecule has 1 N–H and O–H groups in total. The van der Waals surface area contributed by atoms with Gasteiger partial charge in [-0.2, -0.15) is 0 Å². The molecule has 32 heavy (non-hydrogen) atoms. The highest BCUT2D eigenvalue weighted by molar-refractivity contribution is 5.68. The molecule has 0 aromatic heterocycles. The zero-order valence-electron chi connectivity index (χ0n) is 20.7. The van der Waals surface area contributed by atoms with E-state index >= 15 is 0 Å². The van der Waals surface area contributed by atoms with Crippen molar-refractivity contribution in [3.8, 4) is 11.1 Å². The van der Waals surface area contributed by atoms with Crippen LogP contribution in [0.5, 0.6) is 0 Å². The smallest absolute Gasteiger partial charge is 0.0431 e. The van der Waals surface area contributed by atoms with Gasteiger partial charge in [-0.05, 0) is 91.0 Å². The van der Waals surface area contributed by atoms with Gasteiger partial charge in [-0.3, -0.25) is 0 Å². The van der Waals surface area contributed by atoms with Crippen LogP contribution in [0.25, 0.3) is 11.1 Å². The zero-order chi connectivity index (χ0) is 22.6. The van der Waals surface area contributed by atoms with Crippen LogP contribution in [0.1, 0.15) is 114 Å². The summed E-state index contributed by atoms with van der Waals surface area (Å²) in [5.41, 5.74) is 7.21. The van der Waals surface area contributed by atoms with Crippen LogP contribution in [-0.4, -0.2) is 11.7 Å². The summed E-state index contributed by atoms with van der Waals surface area (Å²) in [6.07, 6.45) is 18.1. The lowest BCUT2D eigenvalue weighted by atomic mass is 9.77. The Bertz CT molecular complexity index is 768. The Balaban J connectivity index is 1.55. The molecular formula is C31H46O. The summed E-state index contributed by atoms with van der Waals surface area (Å²) in [5.74, 6) is 1.75. The molecule has 0 bridgehead atoms. The maximum atomic E-state index is 8.97. The largest absolute Gasteiger partial charge is 0.396 e. The number of aliphatic hydroxyl groups excluding tert-OH is 1. The van der Waals surface area contributed by atoms with Crippen LogP contribution >= 0.6 is 0 Å². The number of aliphatic hydroxyl groups is 1. The molecule has 176 valence electrons. The number of benzene rings is 2. The first-order valence-electron chi connectivity index (χ1n) is 13.6. The Hall–Kier alpha value is -1.60. The fourth-order valence-corrected chi connectivity index (χ4v) is 5.57. The molecule has 0 unspecified atom stereocenters. The highest BCUT2D eigenvalue weighted by Gasteiger charge is 2.22. The molecule has 1 saturated carbocycles. The second kappa shape index (κ2) is 13.8. The SMILES string of the molecule is CCCCCCC1CCC(c2ccc(-c3ccc(CCCCCO)cc3CC)cc2)CC1. The van der Waals surface area contributed by atoms with E-state index in [1.54, 1.807) is 5.56 Å². The van der Waals surface area contributed by atoms with Gasteiger partial charge in [0.2, 0.25) is 0 Å². The third kappa shape index (κ3) is 7.48. The quantitative estimate of drug-likeness (QED) is 0.312. The van der Waals surface area contributed by atoms with Gasteiger partial charge >= 0.3 is 0 Å². The van der Waals surface area contributed by atoms with Crippen LogP contribution < -0.4 is 0 Å². The van der Waals surface area contributed by atoms with Crippen LogP contribution in [0.3, 0.4) is 0 Å². The molecule has 1 heteroatoms. The number of unbranched alkanes of at least 4 members (excludes halogenated alkanes) is 5. The van der Waals surface area contributed by atoms with Crippen molar-refractivity contribution in [2.75, 3.05) is 6.61 Å². The second-order valence-corrected chi connectivity index (χ2v) is 10.1. The van der Waals surface area contributed by atoms with Crippen molar-refractivity contribution in [3.05, 3.63) is 59.2 Å². The van der Waals surface area contributed by atoms with Crippen molar-refractivity contribution >= 4 is 0 Å². The molecule has 2 aromatic rings. The third-order valence-corrected chi connectivity index (χ3v) is 7.68. The van der Waals surface area contributed by atoms with E-state index in [1.165, 1.54) is 86.5 Å². The van der Waals surface area contributed by atoms with E-state index in [2.05, 4.69) is 56.3 Å². The van der Waals surface area contributed by atoms with Crippen LogP contribution in [0.2, 0.25) is 0 Å². The van der Waals surface area contributed by atoms with E-state index < -0.39 is 0 Å². The van der Waals surface area contributed by atoms with E-state index in [1.807, 2.05) is 0 Å². The van der Waals surface area contributed by atoms with Crippen molar-refractivity contribution in [1.82, 2.24) is 0 Å². The standard InChI is InChI=1S/C31H46O/c1-3-5-6-8-11-25-13-16-28(17-14-25)29-18-20-30(21-19-29)31-22-15-26(24-27(31)4-2)12-9-7-10-23-32/h15,18-22,24-25,28,32H,3-14,16-17,23H2,1-2H3. The van der Waals surface area contributed by atoms with Gasteiger partial charge in [0.1, 0.15) is 0 Å². The van der Waals surface area contributed by atoms with Crippen LogP contribution in [-0.2, 0) is 12.8 Å². The molecule has 1 aliphatic carbocycles. The van der Waals surface area contributed by atoms with E-state index in [9.17, 15) is 0 Å². The summed E-state index contributed by atoms with van der Waals surface area (Å²) in [6.45, 7) is 4.89. The number of rotatable bonds is 13. The van der Waals surface area contributed by atoms with E-state index in [0.717, 1.165) is 37.5 Å². The molecule has 0 spiro atoms. The number of aryl methyl sites for hydroxylation is 2. The van der Waals surface area contributed by atoms with Gasteiger partial charge in [-0.25, -0.2) is 0 Å². The van der Waals surface area contributed by atoms with Gasteiger partial charge in [0.15, 0.2) is 0 Å². The first-order valence-corrected chi connectivity index (χ1v) is 13.6. The topological polar surface area (TPSA) is 20.2 Å². The van der Waals surface area contributed by atoms with Gasteiger partial charge in [0.25, 0.3) is 0 Å². The van der Waals surface area contributed by atoms with Crippen molar-refractivity contribution in [3.63, 3.8) is 0 Å². The molecule has 1 aliphatic rings. The first kappa shape index (κ1) is 25.0. The molecule has 1 nitrogen and oxygen atoms in total. The number of hydrogen-bond donors (Lipinski definition) is 1. The molecule has 3 rings (SSSR count). The number of hydrogen-bond acceptors (Lipinski definition) is 1. The summed E-state index contributed by atoms with van der Waals surface area (Å²) in [6, 6.07) is 16.6. The van der Waals surface area contributed by atoms with E-state index in [4.69, 9.17) is 5.11 Å². The maximum Gasteiger partial charge on any atom is 0.0431 e. The van der Waals surface area contributed by atoms with Gasteiger partial charge in [0.05, 0.1) is 0 Å². The summed E-state index contributed by atoms with van der Waals surface area (Å²) in [5, 5.41) is 8.97. The summed E-state index contributed by atoms with van der Waals surface area (Å²) in [4.78, 5) is 0. The molecular weight excluding hydrogens is 388 g/mol. The van der Waals surface area contributed by atoms with Gasteiger partial charge < -0.3 is 5.11 Å². The van der Waals surface area contributed by atoms with Gasteiger partial charge in [0, 0.05) is 6.61 Å². The Morgan fingerprint density at radius 3 is 2.22 bits per heavy atom. The normalized spacial score (nSPS) is 18.7. The molecule has 2 aromatic carbocycles. The van der Waals surface area contributed by atoms with Crippen molar-refractivity contribution in [2.45, 2.75) is 110 Å². The predicted octanol–water partition coefficient (Wildman–Crippen LogP) is 8.87. The fourth-order valence-electron chi connectivity index (χ4n) is 5.57. The lowest BCUT2D eigenvalue weighted by Gasteiger charge is -2.29. The minimum atomic E-state index is 0.315. The van der Waals surface area contributed by atoms with Crippen LogP contribution in [0, 0.1) is 5.92 Å². The Morgan fingerprint density at radius 2 is 1.53 bits per heavy atom. The van der Waals surface area contributed by atoms with Gasteiger partial charge in [-0.1, -0.05) is 94.8 Å². The molecule has 1 fully saturated rings. The molecule has 0 atom stereocenters. The second-order valence-electron chi connectivity index (χ2n) is 10.1. The van der Waals surface area contributed by atoms with Crippen molar-refractivity contribution in [1.29, 1.82) is 0 Å². The molecule has 0 amide bonds. The average Bonchev–Trinajstić information content (AvgIpc) is 2.85. The summed E-state index contributed by atoms with van der Waals surface area (Å²) >= 11 is 0. The Morgan fingerprint density at radius 1 is 0.781 bits per heavy atom. The van der Waals surface area contributed by atoms with Gasteiger partial charge in [-0.15, -0.1) is 0 Å². The van der Waals surface area contributed by atoms with Crippen molar-refractivity contribution < 1.29 is 5.11 Å². The van der Waals surface area contributed by atoms with E-state index in [-0.39, 0.29) is 0 Å². The van der Waals surface area contributed by atoms with Crippen molar-refractivity contribution in [2.24, 2.45) is 5.92 Å². The van der Waals surface area contributed by atoms with Crippen LogP contribution in [0.4, 0.5) is 0 Å². The lowest BCUT2D eigenvalue weighted by Crippen LogP contribution is -2.13. The molecule has 0 aliphatic heterocycles. The zero-order valence-corrected chi connectivity index (χ0v) is 20.7. The minimum Gasteiger partial charge on any atom is -0.396 e. The lowest BCUT2D eigenvalue weighted by molar-refractivity contribution is 0.283. The average molecular weight is 435 g/mol. The third-order valence-electron chi connectivity index (χ3n) is 7.68. The maximum absolute atomic E-state index is 8.97. The fraction of sp³-hybridized carbons (Fsp3) is 0.613. The molecule has 0 heterocycles. The molecule has 0 saturated heterocycles. The van der Waals surface area contributed by atoms with E-state index in [0.29, 0.717) is 6.61 Å². The Labute approximate surface area is 197 Å². The van der Waals surface area contributed by atoms with Crippen LogP contribution in [0.15, 0.2) is 42.5 Å². The minimum absolute atomic E-state index is 0.315. The summed E-state index contributed by atoms with van der Waals surface area (Å²) in [7, 11) is 0.